The average Bonchev–Trinajstić information content (AvgIpc) is 2.55. The zero-order valence-electron chi connectivity index (χ0n) is 13.5. The first-order valence-corrected chi connectivity index (χ1v) is 7.85. The smallest absolute Gasteiger partial charge is 0.225 e. The molecule has 5 heteroatoms. The molecular formula is C18H20N4O. The van der Waals surface area contributed by atoms with Crippen LogP contribution >= 0.6 is 0 Å². The molecule has 0 radical (unpaired) electrons. The predicted molar refractivity (Wildman–Crippen MR) is 89.1 cm³/mol. The van der Waals surface area contributed by atoms with Crippen molar-refractivity contribution < 1.29 is 5.11 Å². The fourth-order valence-electron chi connectivity index (χ4n) is 3.08. The molecule has 3 rings (SSSR count). The van der Waals surface area contributed by atoms with Gasteiger partial charge in [-0.15, -0.1) is 0 Å². The van der Waals surface area contributed by atoms with Crippen LogP contribution in [0.3, 0.4) is 0 Å². The van der Waals surface area contributed by atoms with Gasteiger partial charge in [-0.1, -0.05) is 0 Å². The van der Waals surface area contributed by atoms with Crippen LogP contribution in [-0.2, 0) is 0 Å². The third-order valence-electron chi connectivity index (χ3n) is 4.30. The SMILES string of the molecule is Cc1cc(-c2cnc(N3CCCC(O)C3)nc2)cc(C)c1C#N. The molecule has 1 aliphatic rings. The van der Waals surface area contributed by atoms with Gasteiger partial charge in [-0.3, -0.25) is 0 Å². The van der Waals surface area contributed by atoms with Gasteiger partial charge in [0.25, 0.3) is 0 Å². The lowest BCUT2D eigenvalue weighted by atomic mass is 9.97. The first kappa shape index (κ1) is 15.4. The highest BCUT2D eigenvalue weighted by atomic mass is 16.3. The fourth-order valence-corrected chi connectivity index (χ4v) is 3.08. The molecule has 1 aromatic carbocycles. The molecule has 0 saturated carbocycles. The van der Waals surface area contributed by atoms with Crippen LogP contribution in [0.15, 0.2) is 24.5 Å². The molecule has 0 bridgehead atoms. The molecule has 1 fully saturated rings. The Bertz CT molecular complexity index is 726. The maximum atomic E-state index is 9.76. The van der Waals surface area contributed by atoms with Crippen molar-refractivity contribution in [2.24, 2.45) is 0 Å². The van der Waals surface area contributed by atoms with Crippen molar-refractivity contribution in [3.05, 3.63) is 41.2 Å². The van der Waals surface area contributed by atoms with Gasteiger partial charge in [-0.2, -0.15) is 5.26 Å². The predicted octanol–water partition coefficient (Wildman–Crippen LogP) is 2.59. The summed E-state index contributed by atoms with van der Waals surface area (Å²) in [6.07, 6.45) is 5.13. The standard InChI is InChI=1S/C18H20N4O/c1-12-6-14(7-13(2)17(12)8-19)15-9-20-18(21-10-15)22-5-3-4-16(23)11-22/h6-7,9-10,16,23H,3-5,11H2,1-2H3. The van der Waals surface area contributed by atoms with E-state index in [2.05, 4.69) is 16.0 Å². The Morgan fingerprint density at radius 2 is 1.83 bits per heavy atom. The lowest BCUT2D eigenvalue weighted by molar-refractivity contribution is 0.153. The minimum Gasteiger partial charge on any atom is -0.391 e. The second kappa shape index (κ2) is 6.35. The Labute approximate surface area is 136 Å². The number of nitriles is 1. The number of hydrogen-bond acceptors (Lipinski definition) is 5. The van der Waals surface area contributed by atoms with Gasteiger partial charge >= 0.3 is 0 Å². The van der Waals surface area contributed by atoms with Gasteiger partial charge in [-0.25, -0.2) is 9.97 Å². The summed E-state index contributed by atoms with van der Waals surface area (Å²) in [5.41, 5.74) is 4.61. The monoisotopic (exact) mass is 308 g/mol. The Balaban J connectivity index is 1.87. The lowest BCUT2D eigenvalue weighted by Gasteiger charge is -2.29. The van der Waals surface area contributed by atoms with Crippen molar-refractivity contribution in [2.75, 3.05) is 18.0 Å². The van der Waals surface area contributed by atoms with Gasteiger partial charge in [0.05, 0.1) is 17.7 Å². The Morgan fingerprint density at radius 3 is 2.39 bits per heavy atom. The van der Waals surface area contributed by atoms with E-state index < -0.39 is 0 Å². The highest BCUT2D eigenvalue weighted by Gasteiger charge is 2.19. The number of hydrogen-bond donors (Lipinski definition) is 1. The van der Waals surface area contributed by atoms with Crippen LogP contribution in [-0.4, -0.2) is 34.3 Å². The Morgan fingerprint density at radius 1 is 1.17 bits per heavy atom. The van der Waals surface area contributed by atoms with Gasteiger partial charge in [0.15, 0.2) is 0 Å². The Kier molecular flexibility index (Phi) is 4.26. The number of piperidine rings is 1. The molecule has 0 amide bonds. The van der Waals surface area contributed by atoms with E-state index in [-0.39, 0.29) is 6.10 Å². The number of aromatic nitrogens is 2. The number of anilines is 1. The van der Waals surface area contributed by atoms with Crippen molar-refractivity contribution >= 4 is 5.95 Å². The second-order valence-electron chi connectivity index (χ2n) is 6.11. The summed E-state index contributed by atoms with van der Waals surface area (Å²) in [7, 11) is 0. The maximum absolute atomic E-state index is 9.76. The minimum absolute atomic E-state index is 0.296. The summed E-state index contributed by atoms with van der Waals surface area (Å²) in [5.74, 6) is 0.662. The summed E-state index contributed by atoms with van der Waals surface area (Å²) in [6.45, 7) is 5.36. The van der Waals surface area contributed by atoms with E-state index in [9.17, 15) is 5.11 Å². The highest BCUT2D eigenvalue weighted by molar-refractivity contribution is 5.66. The third kappa shape index (κ3) is 3.17. The number of rotatable bonds is 2. The van der Waals surface area contributed by atoms with Gasteiger partial charge < -0.3 is 10.0 Å². The third-order valence-corrected chi connectivity index (χ3v) is 4.30. The number of aliphatic hydroxyl groups is 1. The van der Waals surface area contributed by atoms with Crippen LogP contribution in [0.5, 0.6) is 0 Å². The molecule has 2 heterocycles. The topological polar surface area (TPSA) is 73.0 Å². The molecule has 1 saturated heterocycles. The summed E-state index contributed by atoms with van der Waals surface area (Å²) in [6, 6.07) is 6.23. The van der Waals surface area contributed by atoms with E-state index in [4.69, 9.17) is 5.26 Å². The van der Waals surface area contributed by atoms with Crippen molar-refractivity contribution in [1.82, 2.24) is 9.97 Å². The minimum atomic E-state index is -0.296. The van der Waals surface area contributed by atoms with Crippen LogP contribution < -0.4 is 4.90 Å². The zero-order chi connectivity index (χ0) is 16.4. The molecule has 1 unspecified atom stereocenters. The molecule has 118 valence electrons. The van der Waals surface area contributed by atoms with E-state index in [0.717, 1.165) is 47.2 Å². The van der Waals surface area contributed by atoms with Gasteiger partial charge in [0.1, 0.15) is 0 Å². The summed E-state index contributed by atoms with van der Waals surface area (Å²) in [5, 5.41) is 18.9. The quantitative estimate of drug-likeness (QED) is 0.923. The highest BCUT2D eigenvalue weighted by Crippen LogP contribution is 2.25. The summed E-state index contributed by atoms with van der Waals surface area (Å²) >= 11 is 0. The molecule has 2 aromatic rings. The molecule has 1 aromatic heterocycles. The number of β-amino-alcohol motifs (C(OH)–C–C–N with tert-alkyl or cyclic N) is 1. The molecule has 1 atom stereocenters. The Hall–Kier alpha value is -2.45. The molecule has 0 spiro atoms. The van der Waals surface area contributed by atoms with Crippen LogP contribution in [0.4, 0.5) is 5.95 Å². The van der Waals surface area contributed by atoms with Crippen LogP contribution in [0.25, 0.3) is 11.1 Å². The molecule has 1 N–H and O–H groups in total. The van der Waals surface area contributed by atoms with E-state index in [1.54, 1.807) is 0 Å². The normalized spacial score (nSPS) is 17.8. The van der Waals surface area contributed by atoms with Gasteiger partial charge in [0, 0.05) is 31.0 Å². The van der Waals surface area contributed by atoms with Crippen molar-refractivity contribution in [3.63, 3.8) is 0 Å². The maximum Gasteiger partial charge on any atom is 0.225 e. The first-order chi connectivity index (χ1) is 11.1. The molecule has 5 nitrogen and oxygen atoms in total. The second-order valence-corrected chi connectivity index (χ2v) is 6.11. The fraction of sp³-hybridized carbons (Fsp3) is 0.389. The number of nitrogens with zero attached hydrogens (tertiary/aromatic N) is 4. The van der Waals surface area contributed by atoms with E-state index in [0.29, 0.717) is 12.5 Å². The average molecular weight is 308 g/mol. The molecule has 0 aliphatic carbocycles. The van der Waals surface area contributed by atoms with Crippen molar-refractivity contribution in [1.29, 1.82) is 5.26 Å². The number of benzene rings is 1. The van der Waals surface area contributed by atoms with Gasteiger partial charge in [0.2, 0.25) is 5.95 Å². The van der Waals surface area contributed by atoms with Crippen LogP contribution in [0.1, 0.15) is 29.5 Å². The number of aliphatic hydroxyl groups excluding tert-OH is 1. The number of aryl methyl sites for hydroxylation is 2. The van der Waals surface area contributed by atoms with E-state index in [1.165, 1.54) is 0 Å². The van der Waals surface area contributed by atoms with E-state index >= 15 is 0 Å². The first-order valence-electron chi connectivity index (χ1n) is 7.85. The molecule has 1 aliphatic heterocycles. The van der Waals surface area contributed by atoms with Gasteiger partial charge in [-0.05, 0) is 55.5 Å². The molecular weight excluding hydrogens is 288 g/mol. The summed E-state index contributed by atoms with van der Waals surface area (Å²) < 4.78 is 0. The van der Waals surface area contributed by atoms with Crippen molar-refractivity contribution in [2.45, 2.75) is 32.8 Å². The van der Waals surface area contributed by atoms with Crippen LogP contribution in [0, 0.1) is 25.2 Å². The molecule has 23 heavy (non-hydrogen) atoms. The van der Waals surface area contributed by atoms with Crippen molar-refractivity contribution in [3.8, 4) is 17.2 Å². The lowest BCUT2D eigenvalue weighted by Crippen LogP contribution is -2.39. The van der Waals surface area contributed by atoms with Crippen LogP contribution in [0.2, 0.25) is 0 Å². The van der Waals surface area contributed by atoms with E-state index in [1.807, 2.05) is 43.3 Å². The summed E-state index contributed by atoms with van der Waals surface area (Å²) in [4.78, 5) is 10.9. The zero-order valence-corrected chi connectivity index (χ0v) is 13.5. The largest absolute Gasteiger partial charge is 0.391 e.